The topological polar surface area (TPSA) is 12.4 Å². The van der Waals surface area contributed by atoms with Gasteiger partial charge in [0.1, 0.15) is 5.83 Å². The maximum absolute atomic E-state index is 12.4. The average molecular weight is 127 g/mol. The summed E-state index contributed by atoms with van der Waals surface area (Å²) in [4.78, 5) is 3.63. The van der Waals surface area contributed by atoms with E-state index in [0.717, 1.165) is 0 Å². The predicted octanol–water partition coefficient (Wildman–Crippen LogP) is 2.46. The zero-order chi connectivity index (χ0) is 7.28. The minimum Gasteiger partial charge on any atom is -0.259 e. The summed E-state index contributed by atoms with van der Waals surface area (Å²) in [6, 6.07) is 0. The number of hydrogen-bond acceptors (Lipinski definition) is 1. The molecule has 0 unspecified atom stereocenters. The molecule has 0 aliphatic rings. The highest BCUT2D eigenvalue weighted by atomic mass is 19.1. The lowest BCUT2D eigenvalue weighted by molar-refractivity contribution is 0.678. The first kappa shape index (κ1) is 8.08. The molecule has 0 N–H and O–H groups in total. The maximum atomic E-state index is 12.4. The van der Waals surface area contributed by atoms with Gasteiger partial charge in [-0.25, -0.2) is 4.39 Å². The Morgan fingerprint density at radius 1 is 1.67 bits per heavy atom. The Labute approximate surface area is 54.6 Å². The number of nitrogens with zero attached hydrogens (tertiary/aromatic N) is 1. The molecule has 0 aromatic heterocycles. The van der Waals surface area contributed by atoms with Crippen LogP contribution < -0.4 is 0 Å². The van der Waals surface area contributed by atoms with Crippen molar-refractivity contribution in [3.8, 4) is 0 Å². The quantitative estimate of drug-likeness (QED) is 0.505. The molecule has 2 heteroatoms. The molecule has 0 aliphatic carbocycles. The van der Waals surface area contributed by atoms with Crippen molar-refractivity contribution in [2.45, 2.75) is 13.8 Å². The largest absolute Gasteiger partial charge is 0.259 e. The van der Waals surface area contributed by atoms with Crippen LogP contribution in [0.15, 0.2) is 29.7 Å². The smallest absolute Gasteiger partial charge is 0.140 e. The molecule has 0 saturated carbocycles. The summed E-state index contributed by atoms with van der Waals surface area (Å²) in [6.07, 6.45) is 2.68. The third kappa shape index (κ3) is 2.80. The molecule has 0 aromatic rings. The van der Waals surface area contributed by atoms with Crippen LogP contribution in [-0.4, -0.2) is 5.71 Å². The number of halogens is 1. The zero-order valence-corrected chi connectivity index (χ0v) is 5.69. The van der Waals surface area contributed by atoms with Crippen LogP contribution in [0.5, 0.6) is 0 Å². The van der Waals surface area contributed by atoms with Gasteiger partial charge in [-0.1, -0.05) is 6.58 Å². The summed E-state index contributed by atoms with van der Waals surface area (Å²) in [7, 11) is 0. The van der Waals surface area contributed by atoms with Crippen molar-refractivity contribution in [3.63, 3.8) is 0 Å². The Morgan fingerprint density at radius 2 is 2.22 bits per heavy atom. The van der Waals surface area contributed by atoms with E-state index < -0.39 is 0 Å². The van der Waals surface area contributed by atoms with Crippen molar-refractivity contribution in [2.75, 3.05) is 0 Å². The lowest BCUT2D eigenvalue weighted by Gasteiger charge is -1.89. The first-order valence-electron chi connectivity index (χ1n) is 2.70. The average Bonchev–Trinajstić information content (AvgIpc) is 1.87. The van der Waals surface area contributed by atoms with E-state index in [4.69, 9.17) is 0 Å². The first-order valence-corrected chi connectivity index (χ1v) is 2.70. The third-order valence-corrected chi connectivity index (χ3v) is 0.884. The lowest BCUT2D eigenvalue weighted by atomic mass is 10.3. The Hall–Kier alpha value is -0.920. The van der Waals surface area contributed by atoms with Crippen molar-refractivity contribution in [1.82, 2.24) is 0 Å². The Kier molecular flexibility index (Phi) is 3.60. The molecule has 0 bridgehead atoms. The molecule has 50 valence electrons. The van der Waals surface area contributed by atoms with Gasteiger partial charge >= 0.3 is 0 Å². The van der Waals surface area contributed by atoms with Crippen LogP contribution in [0.1, 0.15) is 13.8 Å². The Bertz CT molecular complexity index is 156. The number of hydrogen-bond donors (Lipinski definition) is 0. The normalized spacial score (nSPS) is 13.7. The van der Waals surface area contributed by atoms with Crippen LogP contribution in [0.4, 0.5) is 4.39 Å². The van der Waals surface area contributed by atoms with Gasteiger partial charge in [0.25, 0.3) is 0 Å². The minimum atomic E-state index is -0.296. The van der Waals surface area contributed by atoms with Crippen LogP contribution in [0, 0.1) is 0 Å². The number of allylic oxidation sites excluding steroid dienone is 2. The molecule has 0 atom stereocenters. The van der Waals surface area contributed by atoms with Crippen molar-refractivity contribution in [1.29, 1.82) is 0 Å². The number of rotatable bonds is 2. The molecule has 0 spiro atoms. The second-order valence-electron chi connectivity index (χ2n) is 1.53. The van der Waals surface area contributed by atoms with Crippen molar-refractivity contribution >= 4 is 5.71 Å². The highest BCUT2D eigenvalue weighted by Gasteiger charge is 1.93. The molecule has 1 nitrogen and oxygen atoms in total. The summed E-state index contributed by atoms with van der Waals surface area (Å²) in [5, 5.41) is 0. The summed E-state index contributed by atoms with van der Waals surface area (Å²) in [5.74, 6) is -0.296. The summed E-state index contributed by atoms with van der Waals surface area (Å²) >= 11 is 0. The minimum absolute atomic E-state index is 0.296. The highest BCUT2D eigenvalue weighted by Crippen LogP contribution is 1.98. The maximum Gasteiger partial charge on any atom is 0.140 e. The van der Waals surface area contributed by atoms with Crippen LogP contribution in [0.25, 0.3) is 0 Å². The van der Waals surface area contributed by atoms with Crippen molar-refractivity contribution in [2.24, 2.45) is 4.99 Å². The van der Waals surface area contributed by atoms with Crippen LogP contribution >= 0.6 is 0 Å². The van der Waals surface area contributed by atoms with E-state index in [-0.39, 0.29) is 5.83 Å². The molecular weight excluding hydrogens is 117 g/mol. The van der Waals surface area contributed by atoms with Crippen LogP contribution in [-0.2, 0) is 0 Å². The van der Waals surface area contributed by atoms with Gasteiger partial charge in [0.15, 0.2) is 0 Å². The SMILES string of the molecule is C=CN=C(C)/C(F)=C\C. The second kappa shape index (κ2) is 4.01. The van der Waals surface area contributed by atoms with Crippen molar-refractivity contribution in [3.05, 3.63) is 24.7 Å². The van der Waals surface area contributed by atoms with E-state index in [9.17, 15) is 4.39 Å². The summed E-state index contributed by atoms with van der Waals surface area (Å²) in [5.41, 5.74) is 0.368. The van der Waals surface area contributed by atoms with Gasteiger partial charge in [-0.05, 0) is 19.9 Å². The van der Waals surface area contributed by atoms with Gasteiger partial charge in [-0.2, -0.15) is 0 Å². The molecular formula is C7H10FN. The Balaban J connectivity index is 4.19. The fourth-order valence-corrected chi connectivity index (χ4v) is 0.407. The number of aliphatic imine (C=N–C) groups is 1. The van der Waals surface area contributed by atoms with Gasteiger partial charge in [0, 0.05) is 6.20 Å². The molecule has 0 aliphatic heterocycles. The van der Waals surface area contributed by atoms with Gasteiger partial charge in [-0.3, -0.25) is 4.99 Å². The Morgan fingerprint density at radius 3 is 2.56 bits per heavy atom. The zero-order valence-electron chi connectivity index (χ0n) is 5.69. The standard InChI is InChI=1S/C7H10FN/c1-4-7(8)6(3)9-5-2/h4-5H,2H2,1,3H3/b7-4+,9-6?. The highest BCUT2D eigenvalue weighted by molar-refractivity contribution is 5.96. The van der Waals surface area contributed by atoms with E-state index in [0.29, 0.717) is 5.71 Å². The van der Waals surface area contributed by atoms with Gasteiger partial charge in [0.05, 0.1) is 5.71 Å². The fraction of sp³-hybridized carbons (Fsp3) is 0.286. The molecule has 0 radical (unpaired) electrons. The van der Waals surface area contributed by atoms with E-state index in [1.54, 1.807) is 13.8 Å². The van der Waals surface area contributed by atoms with Gasteiger partial charge in [-0.15, -0.1) is 0 Å². The first-order chi connectivity index (χ1) is 4.22. The van der Waals surface area contributed by atoms with Crippen LogP contribution in [0.2, 0.25) is 0 Å². The fourth-order valence-electron chi connectivity index (χ4n) is 0.407. The molecule has 0 amide bonds. The molecule has 0 saturated heterocycles. The summed E-state index contributed by atoms with van der Waals surface area (Å²) in [6.45, 7) is 6.55. The summed E-state index contributed by atoms with van der Waals surface area (Å²) < 4.78 is 12.4. The predicted molar refractivity (Wildman–Crippen MR) is 38.2 cm³/mol. The van der Waals surface area contributed by atoms with Crippen LogP contribution in [0.3, 0.4) is 0 Å². The van der Waals surface area contributed by atoms with E-state index >= 15 is 0 Å². The van der Waals surface area contributed by atoms with E-state index in [1.807, 2.05) is 0 Å². The van der Waals surface area contributed by atoms with E-state index in [2.05, 4.69) is 11.6 Å². The van der Waals surface area contributed by atoms with Crippen molar-refractivity contribution < 1.29 is 4.39 Å². The molecule has 0 heterocycles. The lowest BCUT2D eigenvalue weighted by Crippen LogP contribution is -1.88. The molecule has 0 aromatic carbocycles. The third-order valence-electron chi connectivity index (χ3n) is 0.884. The molecule has 9 heavy (non-hydrogen) atoms. The second-order valence-corrected chi connectivity index (χ2v) is 1.53. The molecule has 0 fully saturated rings. The van der Waals surface area contributed by atoms with E-state index in [1.165, 1.54) is 12.3 Å². The molecule has 0 rings (SSSR count). The van der Waals surface area contributed by atoms with Gasteiger partial charge < -0.3 is 0 Å². The monoisotopic (exact) mass is 127 g/mol. The van der Waals surface area contributed by atoms with Gasteiger partial charge in [0.2, 0.25) is 0 Å².